The second kappa shape index (κ2) is 9.44. The van der Waals surface area contributed by atoms with Crippen LogP contribution >= 0.6 is 22.9 Å². The number of carbonyl (C=O) groups is 1. The molecule has 0 aliphatic heterocycles. The van der Waals surface area contributed by atoms with Crippen molar-refractivity contribution in [2.75, 3.05) is 6.54 Å². The van der Waals surface area contributed by atoms with Gasteiger partial charge < -0.3 is 9.72 Å². The van der Waals surface area contributed by atoms with Crippen LogP contribution in [-0.2, 0) is 26.2 Å². The summed E-state index contributed by atoms with van der Waals surface area (Å²) in [5.74, 6) is -0.661. The van der Waals surface area contributed by atoms with Gasteiger partial charge in [-0.25, -0.2) is 13.4 Å². The van der Waals surface area contributed by atoms with Crippen LogP contribution in [0.2, 0.25) is 5.02 Å². The normalized spacial score (nSPS) is 11.6. The number of esters is 1. The standard InChI is InChI=1S/C22H18ClN3O5S2/c1-13-6-8-14(9-7-13)33(29,30)24-10-19(27)31-11-18-25-21(28)20-16(12-32-22(20)26-18)15-4-2-3-5-17(15)23/h2-9,12,24H,10-11H2,1H3,(H,25,26,28). The lowest BCUT2D eigenvalue weighted by Crippen LogP contribution is -2.30. The largest absolute Gasteiger partial charge is 0.457 e. The molecule has 0 saturated carbocycles. The molecule has 0 unspecified atom stereocenters. The molecule has 4 aromatic rings. The van der Waals surface area contributed by atoms with Gasteiger partial charge in [0.25, 0.3) is 5.56 Å². The van der Waals surface area contributed by atoms with E-state index in [-0.39, 0.29) is 22.9 Å². The summed E-state index contributed by atoms with van der Waals surface area (Å²) in [6, 6.07) is 13.4. The topological polar surface area (TPSA) is 118 Å². The highest BCUT2D eigenvalue weighted by molar-refractivity contribution is 7.89. The summed E-state index contributed by atoms with van der Waals surface area (Å²) < 4.78 is 31.8. The van der Waals surface area contributed by atoms with Crippen molar-refractivity contribution in [1.82, 2.24) is 14.7 Å². The number of thiophene rings is 1. The Bertz CT molecular complexity index is 1490. The maximum atomic E-state index is 12.7. The van der Waals surface area contributed by atoms with Crippen molar-refractivity contribution in [2.45, 2.75) is 18.4 Å². The van der Waals surface area contributed by atoms with Crippen molar-refractivity contribution < 1.29 is 17.9 Å². The number of nitrogens with zero attached hydrogens (tertiary/aromatic N) is 1. The van der Waals surface area contributed by atoms with Gasteiger partial charge in [-0.2, -0.15) is 4.72 Å². The number of carbonyl (C=O) groups excluding carboxylic acids is 1. The van der Waals surface area contributed by atoms with Gasteiger partial charge in [0.05, 0.1) is 10.3 Å². The Balaban J connectivity index is 1.43. The molecule has 0 fully saturated rings. The number of hydrogen-bond acceptors (Lipinski definition) is 7. The van der Waals surface area contributed by atoms with Crippen LogP contribution in [0.25, 0.3) is 21.3 Å². The smallest absolute Gasteiger partial charge is 0.321 e. The lowest BCUT2D eigenvalue weighted by molar-refractivity contribution is -0.143. The number of rotatable bonds is 7. The summed E-state index contributed by atoms with van der Waals surface area (Å²) >= 11 is 7.53. The molecule has 0 atom stereocenters. The van der Waals surface area contributed by atoms with Gasteiger partial charge in [-0.1, -0.05) is 47.5 Å². The summed E-state index contributed by atoms with van der Waals surface area (Å²) in [5.41, 5.74) is 1.92. The third-order valence-corrected chi connectivity index (χ3v) is 7.38. The first-order valence-corrected chi connectivity index (χ1v) is 12.5. The molecular weight excluding hydrogens is 486 g/mol. The van der Waals surface area contributed by atoms with Crippen molar-refractivity contribution >= 4 is 49.1 Å². The molecule has 0 saturated heterocycles. The highest BCUT2D eigenvalue weighted by Gasteiger charge is 2.18. The number of aryl methyl sites for hydroxylation is 1. The fourth-order valence-electron chi connectivity index (χ4n) is 3.09. The van der Waals surface area contributed by atoms with Crippen LogP contribution in [0.1, 0.15) is 11.4 Å². The second-order valence-corrected chi connectivity index (χ2v) is 10.2. The molecule has 0 spiro atoms. The first-order valence-electron chi connectivity index (χ1n) is 9.72. The van der Waals surface area contributed by atoms with E-state index in [1.165, 1.54) is 23.5 Å². The number of ether oxygens (including phenoxy) is 1. The molecule has 170 valence electrons. The molecular formula is C22H18ClN3O5S2. The molecule has 0 aliphatic rings. The van der Waals surface area contributed by atoms with Crippen LogP contribution in [-0.4, -0.2) is 30.9 Å². The number of H-pyrrole nitrogens is 1. The summed E-state index contributed by atoms with van der Waals surface area (Å²) in [6.07, 6.45) is 0. The predicted octanol–water partition coefficient (Wildman–Crippen LogP) is 3.64. The highest BCUT2D eigenvalue weighted by atomic mass is 35.5. The van der Waals surface area contributed by atoms with Crippen molar-refractivity contribution in [3.63, 3.8) is 0 Å². The van der Waals surface area contributed by atoms with Crippen LogP contribution in [0.3, 0.4) is 0 Å². The molecule has 2 N–H and O–H groups in total. The third-order valence-electron chi connectivity index (χ3n) is 4.76. The minimum absolute atomic E-state index is 0.0457. The molecule has 4 rings (SSSR count). The minimum atomic E-state index is -3.85. The number of halogens is 1. The summed E-state index contributed by atoms with van der Waals surface area (Å²) in [5, 5.41) is 2.71. The first kappa shape index (κ1) is 23.1. The molecule has 2 heterocycles. The molecule has 11 heteroatoms. The van der Waals surface area contributed by atoms with E-state index in [0.717, 1.165) is 11.1 Å². The van der Waals surface area contributed by atoms with Gasteiger partial charge in [0.1, 0.15) is 23.8 Å². The van der Waals surface area contributed by atoms with E-state index in [4.69, 9.17) is 16.3 Å². The number of sulfonamides is 1. The average molecular weight is 504 g/mol. The van der Waals surface area contributed by atoms with Gasteiger partial charge in [-0.15, -0.1) is 11.3 Å². The fraction of sp³-hybridized carbons (Fsp3) is 0.136. The number of fused-ring (bicyclic) bond motifs is 1. The number of hydrogen-bond donors (Lipinski definition) is 2. The molecule has 0 radical (unpaired) electrons. The number of aromatic amines is 1. The lowest BCUT2D eigenvalue weighted by atomic mass is 10.1. The highest BCUT2D eigenvalue weighted by Crippen LogP contribution is 2.34. The van der Waals surface area contributed by atoms with Crippen molar-refractivity contribution in [3.05, 3.63) is 80.7 Å². The Kier molecular flexibility index (Phi) is 6.61. The van der Waals surface area contributed by atoms with Crippen molar-refractivity contribution in [3.8, 4) is 11.1 Å². The SMILES string of the molecule is Cc1ccc(S(=O)(=O)NCC(=O)OCc2nc3scc(-c4ccccc4Cl)c3c(=O)[nH]2)cc1. The van der Waals surface area contributed by atoms with Crippen LogP contribution < -0.4 is 10.3 Å². The van der Waals surface area contributed by atoms with E-state index in [1.807, 2.05) is 19.1 Å². The number of nitrogens with one attached hydrogen (secondary N) is 2. The Hall–Kier alpha value is -3.05. The summed E-state index contributed by atoms with van der Waals surface area (Å²) in [6.45, 7) is 0.971. The van der Waals surface area contributed by atoms with Gasteiger partial charge in [-0.3, -0.25) is 9.59 Å². The fourth-order valence-corrected chi connectivity index (χ4v) is 5.26. The zero-order valence-electron chi connectivity index (χ0n) is 17.3. The average Bonchev–Trinajstić information content (AvgIpc) is 3.21. The zero-order valence-corrected chi connectivity index (χ0v) is 19.7. The Morgan fingerprint density at radius 2 is 1.88 bits per heavy atom. The molecule has 8 nitrogen and oxygen atoms in total. The summed E-state index contributed by atoms with van der Waals surface area (Å²) in [7, 11) is -3.85. The molecule has 33 heavy (non-hydrogen) atoms. The third kappa shape index (κ3) is 5.14. The van der Waals surface area contributed by atoms with Crippen molar-refractivity contribution in [1.29, 1.82) is 0 Å². The van der Waals surface area contributed by atoms with Crippen LogP contribution in [0.4, 0.5) is 0 Å². The maximum absolute atomic E-state index is 12.7. The van der Waals surface area contributed by atoms with Gasteiger partial charge in [0.15, 0.2) is 0 Å². The number of benzene rings is 2. The molecule has 0 aliphatic carbocycles. The predicted molar refractivity (Wildman–Crippen MR) is 127 cm³/mol. The zero-order chi connectivity index (χ0) is 23.6. The van der Waals surface area contributed by atoms with Gasteiger partial charge >= 0.3 is 5.97 Å². The Morgan fingerprint density at radius 1 is 1.15 bits per heavy atom. The van der Waals surface area contributed by atoms with Gasteiger partial charge in [0.2, 0.25) is 10.0 Å². The van der Waals surface area contributed by atoms with E-state index in [2.05, 4.69) is 14.7 Å². The monoisotopic (exact) mass is 503 g/mol. The molecule has 2 aromatic heterocycles. The van der Waals surface area contributed by atoms with Crippen LogP contribution in [0.15, 0.2) is 63.6 Å². The number of aromatic nitrogens is 2. The van der Waals surface area contributed by atoms with E-state index < -0.39 is 22.5 Å². The van der Waals surface area contributed by atoms with Crippen molar-refractivity contribution in [2.24, 2.45) is 0 Å². The lowest BCUT2D eigenvalue weighted by Gasteiger charge is -2.08. The van der Waals surface area contributed by atoms with E-state index in [1.54, 1.807) is 29.6 Å². The first-order chi connectivity index (χ1) is 15.7. The quantitative estimate of drug-likeness (QED) is 0.372. The van der Waals surface area contributed by atoms with Gasteiger partial charge in [-0.05, 0) is 25.1 Å². The van der Waals surface area contributed by atoms with Crippen LogP contribution in [0, 0.1) is 6.92 Å². The van der Waals surface area contributed by atoms with Gasteiger partial charge in [0, 0.05) is 21.5 Å². The molecule has 0 bridgehead atoms. The summed E-state index contributed by atoms with van der Waals surface area (Å²) in [4.78, 5) is 32.2. The maximum Gasteiger partial charge on any atom is 0.321 e. The minimum Gasteiger partial charge on any atom is -0.457 e. The Morgan fingerprint density at radius 3 is 2.61 bits per heavy atom. The Labute approximate surface area is 198 Å². The van der Waals surface area contributed by atoms with E-state index in [0.29, 0.717) is 20.8 Å². The molecule has 2 aromatic carbocycles. The van der Waals surface area contributed by atoms with Crippen LogP contribution in [0.5, 0.6) is 0 Å². The molecule has 0 amide bonds. The second-order valence-electron chi connectivity index (χ2n) is 7.12. The van der Waals surface area contributed by atoms with E-state index in [9.17, 15) is 18.0 Å². The van der Waals surface area contributed by atoms with E-state index >= 15 is 0 Å².